The van der Waals surface area contributed by atoms with Crippen molar-refractivity contribution in [1.29, 1.82) is 0 Å². The Labute approximate surface area is 55.7 Å². The van der Waals surface area contributed by atoms with Crippen molar-refractivity contribution in [2.24, 2.45) is 0 Å². The van der Waals surface area contributed by atoms with Crippen molar-refractivity contribution in [1.82, 2.24) is 5.06 Å². The van der Waals surface area contributed by atoms with E-state index in [1.54, 1.807) is 0 Å². The second-order valence-electron chi connectivity index (χ2n) is 3.37. The van der Waals surface area contributed by atoms with Gasteiger partial charge < -0.3 is 0 Å². The van der Waals surface area contributed by atoms with E-state index in [2.05, 4.69) is 6.92 Å². The summed E-state index contributed by atoms with van der Waals surface area (Å²) in [6, 6.07) is 0.632. The van der Waals surface area contributed by atoms with Gasteiger partial charge in [-0.3, -0.25) is 4.84 Å². The van der Waals surface area contributed by atoms with Crippen LogP contribution in [0.5, 0.6) is 0 Å². The van der Waals surface area contributed by atoms with Crippen LogP contribution < -0.4 is 0 Å². The second kappa shape index (κ2) is 1.50. The molecule has 1 heterocycles. The van der Waals surface area contributed by atoms with Crippen LogP contribution in [0.3, 0.4) is 0 Å². The fraction of sp³-hybridized carbons (Fsp3) is 1.00. The molecule has 0 aromatic rings. The van der Waals surface area contributed by atoms with Crippen LogP contribution in [0.2, 0.25) is 0 Å². The normalized spacial score (nSPS) is 40.0. The molecule has 9 heavy (non-hydrogen) atoms. The second-order valence-corrected chi connectivity index (χ2v) is 3.37. The zero-order valence-electron chi connectivity index (χ0n) is 6.05. The lowest BCUT2D eigenvalue weighted by molar-refractivity contribution is -0.151. The van der Waals surface area contributed by atoms with E-state index < -0.39 is 0 Å². The zero-order chi connectivity index (χ0) is 6.48. The highest BCUT2D eigenvalue weighted by Gasteiger charge is 2.51. The molecule has 1 unspecified atom stereocenters. The first-order valence-electron chi connectivity index (χ1n) is 3.64. The van der Waals surface area contributed by atoms with Crippen LogP contribution in [-0.2, 0) is 4.84 Å². The Hall–Kier alpha value is -0.0800. The van der Waals surface area contributed by atoms with Crippen LogP contribution in [0.4, 0.5) is 0 Å². The average molecular weight is 127 g/mol. The first-order valence-corrected chi connectivity index (χ1v) is 3.64. The molecule has 1 saturated heterocycles. The Morgan fingerprint density at radius 2 is 2.22 bits per heavy atom. The van der Waals surface area contributed by atoms with E-state index in [1.165, 1.54) is 19.3 Å². The maximum absolute atomic E-state index is 5.61. The summed E-state index contributed by atoms with van der Waals surface area (Å²) in [4.78, 5) is 5.61. The molecule has 2 rings (SSSR count). The molecule has 2 heteroatoms. The highest BCUT2D eigenvalue weighted by Crippen LogP contribution is 2.48. The summed E-state index contributed by atoms with van der Waals surface area (Å²) in [7, 11) is 2.03. The third kappa shape index (κ3) is 0.775. The van der Waals surface area contributed by atoms with Gasteiger partial charge in [-0.15, -0.1) is 0 Å². The third-order valence-corrected chi connectivity index (χ3v) is 2.43. The topological polar surface area (TPSA) is 12.5 Å². The molecule has 0 amide bonds. The molecule has 2 fully saturated rings. The van der Waals surface area contributed by atoms with Crippen LogP contribution in [0, 0.1) is 0 Å². The molecule has 0 aromatic heterocycles. The van der Waals surface area contributed by atoms with Crippen molar-refractivity contribution in [3.05, 3.63) is 0 Å². The molecule has 1 aliphatic heterocycles. The van der Waals surface area contributed by atoms with Crippen molar-refractivity contribution in [2.45, 2.75) is 37.8 Å². The highest BCUT2D eigenvalue weighted by atomic mass is 16.7. The van der Waals surface area contributed by atoms with E-state index in [0.717, 1.165) is 0 Å². The van der Waals surface area contributed by atoms with E-state index in [-0.39, 0.29) is 0 Å². The number of nitrogens with zero attached hydrogens (tertiary/aromatic N) is 1. The first kappa shape index (κ1) is 5.69. The van der Waals surface area contributed by atoms with Gasteiger partial charge in [0.25, 0.3) is 0 Å². The summed E-state index contributed by atoms with van der Waals surface area (Å²) in [5.41, 5.74) is 0.314. The third-order valence-electron chi connectivity index (χ3n) is 2.43. The molecule has 1 aliphatic carbocycles. The van der Waals surface area contributed by atoms with E-state index in [9.17, 15) is 0 Å². The summed E-state index contributed by atoms with van der Waals surface area (Å²) in [6.07, 6.45) is 3.80. The molecular weight excluding hydrogens is 114 g/mol. The van der Waals surface area contributed by atoms with Gasteiger partial charge >= 0.3 is 0 Å². The van der Waals surface area contributed by atoms with E-state index in [0.29, 0.717) is 11.6 Å². The Morgan fingerprint density at radius 3 is 2.44 bits per heavy atom. The van der Waals surface area contributed by atoms with Crippen LogP contribution >= 0.6 is 0 Å². The summed E-state index contributed by atoms with van der Waals surface area (Å²) in [5, 5.41) is 1.99. The maximum atomic E-state index is 5.61. The monoisotopic (exact) mass is 127 g/mol. The molecule has 0 N–H and O–H groups in total. The lowest BCUT2D eigenvalue weighted by atomic mass is 10.1. The van der Waals surface area contributed by atoms with E-state index >= 15 is 0 Å². The van der Waals surface area contributed by atoms with Gasteiger partial charge in [-0.05, 0) is 26.2 Å². The molecule has 1 atom stereocenters. The summed E-state index contributed by atoms with van der Waals surface area (Å²) >= 11 is 0. The minimum atomic E-state index is 0.314. The van der Waals surface area contributed by atoms with Gasteiger partial charge in [0.1, 0.15) is 0 Å². The van der Waals surface area contributed by atoms with Crippen LogP contribution in [0.1, 0.15) is 26.2 Å². The molecule has 0 radical (unpaired) electrons. The SMILES string of the molecule is CC1CC2(CC2)ON1C. The minimum Gasteiger partial charge on any atom is -0.292 e. The lowest BCUT2D eigenvalue weighted by Gasteiger charge is -2.11. The molecule has 1 spiro atoms. The average Bonchev–Trinajstić information content (AvgIpc) is 2.42. The first-order chi connectivity index (χ1) is 4.22. The maximum Gasteiger partial charge on any atom is 0.0917 e. The molecule has 0 aromatic carbocycles. The fourth-order valence-corrected chi connectivity index (χ4v) is 1.53. The fourth-order valence-electron chi connectivity index (χ4n) is 1.53. The Bertz CT molecular complexity index is 119. The Morgan fingerprint density at radius 1 is 1.56 bits per heavy atom. The largest absolute Gasteiger partial charge is 0.292 e. The Balaban J connectivity index is 2.06. The number of hydrogen-bond acceptors (Lipinski definition) is 2. The molecule has 0 bridgehead atoms. The molecule has 1 saturated carbocycles. The van der Waals surface area contributed by atoms with Gasteiger partial charge in [0.05, 0.1) is 5.60 Å². The van der Waals surface area contributed by atoms with Gasteiger partial charge in [0.15, 0.2) is 0 Å². The predicted octanol–water partition coefficient (Wildman–Crippen LogP) is 1.17. The highest BCUT2D eigenvalue weighted by molar-refractivity contribution is 5.00. The standard InChI is InChI=1S/C7H13NO/c1-6-5-7(3-4-7)9-8(6)2/h6H,3-5H2,1-2H3. The minimum absolute atomic E-state index is 0.314. The number of hydroxylamine groups is 2. The van der Waals surface area contributed by atoms with Crippen molar-refractivity contribution in [2.75, 3.05) is 7.05 Å². The van der Waals surface area contributed by atoms with Gasteiger partial charge in [-0.25, -0.2) is 0 Å². The van der Waals surface area contributed by atoms with Crippen molar-refractivity contribution in [3.63, 3.8) is 0 Å². The summed E-state index contributed by atoms with van der Waals surface area (Å²) in [5.74, 6) is 0. The van der Waals surface area contributed by atoms with Crippen molar-refractivity contribution in [3.8, 4) is 0 Å². The van der Waals surface area contributed by atoms with Crippen LogP contribution in [-0.4, -0.2) is 23.8 Å². The molecule has 2 aliphatic rings. The molecule has 52 valence electrons. The van der Waals surface area contributed by atoms with Gasteiger partial charge in [-0.2, -0.15) is 5.06 Å². The van der Waals surface area contributed by atoms with E-state index in [1.807, 2.05) is 12.1 Å². The summed E-state index contributed by atoms with van der Waals surface area (Å²) < 4.78 is 0. The number of hydrogen-bond donors (Lipinski definition) is 0. The van der Waals surface area contributed by atoms with E-state index in [4.69, 9.17) is 4.84 Å². The lowest BCUT2D eigenvalue weighted by Crippen LogP contribution is -2.20. The van der Waals surface area contributed by atoms with Crippen LogP contribution in [0.15, 0.2) is 0 Å². The van der Waals surface area contributed by atoms with Crippen LogP contribution in [0.25, 0.3) is 0 Å². The van der Waals surface area contributed by atoms with Crippen molar-refractivity contribution >= 4 is 0 Å². The Kier molecular flexibility index (Phi) is 0.945. The van der Waals surface area contributed by atoms with Gasteiger partial charge in [-0.1, -0.05) is 0 Å². The smallest absolute Gasteiger partial charge is 0.0917 e. The zero-order valence-corrected chi connectivity index (χ0v) is 6.05. The summed E-state index contributed by atoms with van der Waals surface area (Å²) in [6.45, 7) is 2.22. The quantitative estimate of drug-likeness (QED) is 0.484. The number of rotatable bonds is 0. The van der Waals surface area contributed by atoms with Gasteiger partial charge in [0, 0.05) is 13.1 Å². The van der Waals surface area contributed by atoms with Crippen molar-refractivity contribution < 1.29 is 4.84 Å². The molecule has 2 nitrogen and oxygen atoms in total. The molecular formula is C7H13NO. The van der Waals surface area contributed by atoms with Gasteiger partial charge in [0.2, 0.25) is 0 Å². The predicted molar refractivity (Wildman–Crippen MR) is 34.9 cm³/mol.